The van der Waals surface area contributed by atoms with Gasteiger partial charge in [-0.3, -0.25) is 0 Å². The molecule has 0 saturated carbocycles. The van der Waals surface area contributed by atoms with Gasteiger partial charge in [0.05, 0.1) is 6.26 Å². The SMILES string of the molecule is CCCC(CCO)CNC(=NCc1ccco1)NCC.I. The van der Waals surface area contributed by atoms with Gasteiger partial charge >= 0.3 is 0 Å². The van der Waals surface area contributed by atoms with Crippen LogP contribution in [0, 0.1) is 5.92 Å². The Balaban J connectivity index is 0.00000400. The number of nitrogens with zero attached hydrogens (tertiary/aromatic N) is 1. The fourth-order valence-electron chi connectivity index (χ4n) is 2.08. The van der Waals surface area contributed by atoms with Crippen LogP contribution in [0.15, 0.2) is 27.8 Å². The molecular weight excluding hydrogens is 381 g/mol. The molecule has 0 amide bonds. The molecule has 6 heteroatoms. The normalized spacial score (nSPS) is 12.6. The number of hydrogen-bond acceptors (Lipinski definition) is 3. The van der Waals surface area contributed by atoms with Gasteiger partial charge in [0.15, 0.2) is 5.96 Å². The van der Waals surface area contributed by atoms with Crippen LogP contribution < -0.4 is 10.6 Å². The first-order valence-corrected chi connectivity index (χ1v) is 7.45. The lowest BCUT2D eigenvalue weighted by molar-refractivity contribution is 0.251. The second kappa shape index (κ2) is 12.9. The van der Waals surface area contributed by atoms with E-state index in [1.54, 1.807) is 6.26 Å². The van der Waals surface area contributed by atoms with Gasteiger partial charge in [-0.05, 0) is 37.8 Å². The lowest BCUT2D eigenvalue weighted by Crippen LogP contribution is -2.40. The summed E-state index contributed by atoms with van der Waals surface area (Å²) in [6.45, 7) is 6.63. The number of furan rings is 1. The van der Waals surface area contributed by atoms with Gasteiger partial charge in [0.2, 0.25) is 0 Å². The van der Waals surface area contributed by atoms with Gasteiger partial charge in [0.25, 0.3) is 0 Å². The number of halogens is 1. The first-order chi connectivity index (χ1) is 9.80. The molecule has 0 aromatic carbocycles. The molecule has 21 heavy (non-hydrogen) atoms. The number of nitrogens with one attached hydrogen (secondary N) is 2. The van der Waals surface area contributed by atoms with Crippen molar-refractivity contribution >= 4 is 29.9 Å². The number of aliphatic imine (C=N–C) groups is 1. The summed E-state index contributed by atoms with van der Waals surface area (Å²) in [5.41, 5.74) is 0. The summed E-state index contributed by atoms with van der Waals surface area (Å²) in [5.74, 6) is 2.13. The largest absolute Gasteiger partial charge is 0.467 e. The minimum atomic E-state index is 0. The third kappa shape index (κ3) is 8.98. The minimum absolute atomic E-state index is 0. The molecule has 122 valence electrons. The fourth-order valence-corrected chi connectivity index (χ4v) is 2.08. The van der Waals surface area contributed by atoms with Crippen LogP contribution in [0.2, 0.25) is 0 Å². The van der Waals surface area contributed by atoms with Crippen molar-refractivity contribution < 1.29 is 9.52 Å². The molecule has 1 heterocycles. The van der Waals surface area contributed by atoms with Crippen molar-refractivity contribution in [1.82, 2.24) is 10.6 Å². The lowest BCUT2D eigenvalue weighted by Gasteiger charge is -2.18. The molecule has 0 bridgehead atoms. The first kappa shape index (κ1) is 20.2. The Morgan fingerprint density at radius 3 is 2.71 bits per heavy atom. The quantitative estimate of drug-likeness (QED) is 0.333. The molecule has 0 saturated heterocycles. The second-order valence-corrected chi connectivity index (χ2v) is 4.82. The summed E-state index contributed by atoms with van der Waals surface area (Å²) < 4.78 is 5.27. The Hall–Kier alpha value is -0.760. The molecule has 5 nitrogen and oxygen atoms in total. The van der Waals surface area contributed by atoms with E-state index in [2.05, 4.69) is 22.5 Å². The van der Waals surface area contributed by atoms with Gasteiger partial charge in [-0.25, -0.2) is 4.99 Å². The Labute approximate surface area is 144 Å². The van der Waals surface area contributed by atoms with E-state index in [1.165, 1.54) is 0 Å². The van der Waals surface area contributed by atoms with Gasteiger partial charge in [-0.1, -0.05) is 13.3 Å². The van der Waals surface area contributed by atoms with Gasteiger partial charge < -0.3 is 20.2 Å². The van der Waals surface area contributed by atoms with Crippen molar-refractivity contribution in [2.24, 2.45) is 10.9 Å². The van der Waals surface area contributed by atoms with E-state index in [9.17, 15) is 0 Å². The van der Waals surface area contributed by atoms with Crippen LogP contribution in [0.3, 0.4) is 0 Å². The molecule has 0 spiro atoms. The zero-order valence-electron chi connectivity index (χ0n) is 13.0. The average Bonchev–Trinajstić information content (AvgIpc) is 2.95. The molecule has 3 N–H and O–H groups in total. The number of hydrogen-bond donors (Lipinski definition) is 3. The number of aliphatic hydroxyl groups excluding tert-OH is 1. The highest BCUT2D eigenvalue weighted by molar-refractivity contribution is 14.0. The second-order valence-electron chi connectivity index (χ2n) is 4.82. The third-order valence-corrected chi connectivity index (χ3v) is 3.11. The van der Waals surface area contributed by atoms with E-state index >= 15 is 0 Å². The molecule has 0 aliphatic carbocycles. The Morgan fingerprint density at radius 2 is 2.14 bits per heavy atom. The Morgan fingerprint density at radius 1 is 1.33 bits per heavy atom. The number of aliphatic hydroxyl groups is 1. The summed E-state index contributed by atoms with van der Waals surface area (Å²) in [7, 11) is 0. The topological polar surface area (TPSA) is 69.8 Å². The molecular formula is C15H28IN3O2. The zero-order chi connectivity index (χ0) is 14.6. The number of rotatable bonds is 9. The average molecular weight is 409 g/mol. The zero-order valence-corrected chi connectivity index (χ0v) is 15.3. The van der Waals surface area contributed by atoms with E-state index in [0.29, 0.717) is 12.5 Å². The van der Waals surface area contributed by atoms with Crippen molar-refractivity contribution in [3.8, 4) is 0 Å². The van der Waals surface area contributed by atoms with Crippen molar-refractivity contribution in [2.45, 2.75) is 39.7 Å². The maximum absolute atomic E-state index is 9.07. The summed E-state index contributed by atoms with van der Waals surface area (Å²) in [6, 6.07) is 3.78. The van der Waals surface area contributed by atoms with Gasteiger partial charge in [0.1, 0.15) is 12.3 Å². The third-order valence-electron chi connectivity index (χ3n) is 3.11. The van der Waals surface area contributed by atoms with Crippen LogP contribution in [-0.2, 0) is 6.54 Å². The highest BCUT2D eigenvalue weighted by Crippen LogP contribution is 2.09. The van der Waals surface area contributed by atoms with Gasteiger partial charge in [0, 0.05) is 19.7 Å². The van der Waals surface area contributed by atoms with E-state index < -0.39 is 0 Å². The summed E-state index contributed by atoms with van der Waals surface area (Å²) in [5, 5.41) is 15.6. The molecule has 0 aliphatic rings. The van der Waals surface area contributed by atoms with Crippen LogP contribution in [0.25, 0.3) is 0 Å². The fraction of sp³-hybridized carbons (Fsp3) is 0.667. The van der Waals surface area contributed by atoms with E-state index in [1.807, 2.05) is 19.1 Å². The molecule has 0 aliphatic heterocycles. The minimum Gasteiger partial charge on any atom is -0.467 e. The maximum Gasteiger partial charge on any atom is 0.191 e. The van der Waals surface area contributed by atoms with Crippen LogP contribution in [0.1, 0.15) is 38.9 Å². The standard InChI is InChI=1S/C15H27N3O2.HI/c1-3-6-13(8-9-19)11-17-15(16-4-2)18-12-14-7-5-10-20-14;/h5,7,10,13,19H,3-4,6,8-9,11-12H2,1-2H3,(H2,16,17,18);1H. The van der Waals surface area contributed by atoms with Crippen molar-refractivity contribution in [3.63, 3.8) is 0 Å². The van der Waals surface area contributed by atoms with E-state index in [0.717, 1.165) is 44.1 Å². The van der Waals surface area contributed by atoms with E-state index in [-0.39, 0.29) is 30.6 Å². The molecule has 1 aromatic rings. The van der Waals surface area contributed by atoms with E-state index in [4.69, 9.17) is 9.52 Å². The predicted octanol–water partition coefficient (Wildman–Crippen LogP) is 2.75. The highest BCUT2D eigenvalue weighted by atomic mass is 127. The Kier molecular flexibility index (Phi) is 12.5. The van der Waals surface area contributed by atoms with Crippen molar-refractivity contribution in [3.05, 3.63) is 24.2 Å². The smallest absolute Gasteiger partial charge is 0.191 e. The van der Waals surface area contributed by atoms with Gasteiger partial charge in [-0.15, -0.1) is 24.0 Å². The summed E-state index contributed by atoms with van der Waals surface area (Å²) in [6.07, 6.45) is 4.74. The molecule has 0 radical (unpaired) electrons. The summed E-state index contributed by atoms with van der Waals surface area (Å²) in [4.78, 5) is 4.49. The highest BCUT2D eigenvalue weighted by Gasteiger charge is 2.08. The lowest BCUT2D eigenvalue weighted by atomic mass is 10.0. The predicted molar refractivity (Wildman–Crippen MR) is 97.0 cm³/mol. The summed E-state index contributed by atoms with van der Waals surface area (Å²) >= 11 is 0. The Bertz CT molecular complexity index is 363. The molecule has 1 rings (SSSR count). The van der Waals surface area contributed by atoms with Crippen LogP contribution in [0.5, 0.6) is 0 Å². The maximum atomic E-state index is 9.07. The molecule has 1 aromatic heterocycles. The number of guanidine groups is 1. The van der Waals surface area contributed by atoms with Crippen molar-refractivity contribution in [1.29, 1.82) is 0 Å². The van der Waals surface area contributed by atoms with Crippen LogP contribution in [-0.4, -0.2) is 30.8 Å². The molecule has 1 unspecified atom stereocenters. The first-order valence-electron chi connectivity index (χ1n) is 7.45. The molecule has 1 atom stereocenters. The van der Waals surface area contributed by atoms with Crippen LogP contribution >= 0.6 is 24.0 Å². The van der Waals surface area contributed by atoms with Crippen LogP contribution in [0.4, 0.5) is 0 Å². The monoisotopic (exact) mass is 409 g/mol. The van der Waals surface area contributed by atoms with Gasteiger partial charge in [-0.2, -0.15) is 0 Å². The molecule has 0 fully saturated rings. The van der Waals surface area contributed by atoms with Crippen molar-refractivity contribution in [2.75, 3.05) is 19.7 Å².